The number of carboxylic acid groups (broad SMARTS) is 1. The Balaban J connectivity index is 5.35. The van der Waals surface area contributed by atoms with Crippen molar-refractivity contribution >= 4 is 35.5 Å². The fourth-order valence-corrected chi connectivity index (χ4v) is 3.08. The Morgan fingerprint density at radius 1 is 0.933 bits per heavy atom. The van der Waals surface area contributed by atoms with Gasteiger partial charge in [-0.15, -0.1) is 0 Å². The molecule has 0 saturated carbocycles. The fourth-order valence-electron chi connectivity index (χ4n) is 2.61. The summed E-state index contributed by atoms with van der Waals surface area (Å²) in [5, 5.41) is 26.0. The second kappa shape index (κ2) is 14.2. The molecule has 11 heteroatoms. The lowest BCUT2D eigenvalue weighted by atomic mass is 10.0. The number of nitrogens with two attached hydrogens (primary N) is 1. The SMILES string of the molecule is CSCCC(NC(=O)C(NC(=O)C(N)CO)C(C)C)C(=O)NC(CC(C)C)C(=O)O. The van der Waals surface area contributed by atoms with Gasteiger partial charge in [-0.1, -0.05) is 27.7 Å². The van der Waals surface area contributed by atoms with Crippen molar-refractivity contribution in [3.05, 3.63) is 0 Å². The largest absolute Gasteiger partial charge is 0.480 e. The van der Waals surface area contributed by atoms with Gasteiger partial charge in [-0.05, 0) is 36.7 Å². The average molecular weight is 449 g/mol. The van der Waals surface area contributed by atoms with Gasteiger partial charge in [0, 0.05) is 0 Å². The zero-order valence-corrected chi connectivity index (χ0v) is 19.1. The Morgan fingerprint density at radius 3 is 1.93 bits per heavy atom. The molecule has 30 heavy (non-hydrogen) atoms. The van der Waals surface area contributed by atoms with Gasteiger partial charge in [0.05, 0.1) is 6.61 Å². The predicted octanol–water partition coefficient (Wildman–Crippen LogP) is -0.700. The molecule has 0 aliphatic heterocycles. The monoisotopic (exact) mass is 448 g/mol. The van der Waals surface area contributed by atoms with E-state index in [1.54, 1.807) is 13.8 Å². The van der Waals surface area contributed by atoms with Crippen LogP contribution in [0.3, 0.4) is 0 Å². The normalized spacial score (nSPS) is 15.2. The van der Waals surface area contributed by atoms with Crippen LogP contribution in [0.5, 0.6) is 0 Å². The van der Waals surface area contributed by atoms with Crippen molar-refractivity contribution in [3.63, 3.8) is 0 Å². The first-order valence-electron chi connectivity index (χ1n) is 9.93. The van der Waals surface area contributed by atoms with Crippen LogP contribution in [0.2, 0.25) is 0 Å². The van der Waals surface area contributed by atoms with Crippen LogP contribution in [0, 0.1) is 11.8 Å². The molecular formula is C19H36N4O6S. The highest BCUT2D eigenvalue weighted by molar-refractivity contribution is 7.98. The van der Waals surface area contributed by atoms with Crippen molar-refractivity contribution < 1.29 is 29.4 Å². The summed E-state index contributed by atoms with van der Waals surface area (Å²) in [6.45, 7) is 6.57. The Bertz CT molecular complexity index is 587. The zero-order chi connectivity index (χ0) is 23.4. The van der Waals surface area contributed by atoms with E-state index in [-0.39, 0.29) is 18.3 Å². The standard InChI is InChI=1S/C19H36N4O6S/c1-10(2)8-14(19(28)29)22-17(26)13(6-7-30-5)21-18(27)15(11(3)4)23-16(25)12(20)9-24/h10-15,24H,6-9,20H2,1-5H3,(H,21,27)(H,22,26)(H,23,25)(H,28,29). The number of carbonyl (C=O) groups excluding carboxylic acids is 3. The molecule has 0 saturated heterocycles. The summed E-state index contributed by atoms with van der Waals surface area (Å²) >= 11 is 1.48. The lowest BCUT2D eigenvalue weighted by molar-refractivity contribution is -0.142. The Labute approximate surface area is 182 Å². The molecule has 4 unspecified atom stereocenters. The maximum absolute atomic E-state index is 12.8. The van der Waals surface area contributed by atoms with E-state index in [1.807, 2.05) is 20.1 Å². The third-order valence-corrected chi connectivity index (χ3v) is 4.99. The average Bonchev–Trinajstić information content (AvgIpc) is 2.66. The van der Waals surface area contributed by atoms with Crippen molar-refractivity contribution in [2.45, 2.75) is 64.7 Å². The van der Waals surface area contributed by atoms with Gasteiger partial charge in [0.15, 0.2) is 0 Å². The highest BCUT2D eigenvalue weighted by atomic mass is 32.2. The molecule has 0 fully saturated rings. The molecule has 10 nitrogen and oxygen atoms in total. The number of amides is 3. The molecule has 0 heterocycles. The summed E-state index contributed by atoms with van der Waals surface area (Å²) in [6.07, 6.45) is 2.40. The van der Waals surface area contributed by atoms with Crippen LogP contribution >= 0.6 is 11.8 Å². The molecule has 0 spiro atoms. The maximum Gasteiger partial charge on any atom is 0.326 e. The smallest absolute Gasteiger partial charge is 0.326 e. The molecule has 0 bridgehead atoms. The maximum atomic E-state index is 12.8. The molecule has 174 valence electrons. The quantitative estimate of drug-likeness (QED) is 0.202. The molecule has 0 aliphatic carbocycles. The van der Waals surface area contributed by atoms with E-state index < -0.39 is 54.5 Å². The van der Waals surface area contributed by atoms with E-state index in [4.69, 9.17) is 10.8 Å². The number of rotatable bonds is 14. The van der Waals surface area contributed by atoms with Crippen molar-refractivity contribution in [2.24, 2.45) is 17.6 Å². The Morgan fingerprint density at radius 2 is 1.50 bits per heavy atom. The first-order valence-corrected chi connectivity index (χ1v) is 11.3. The van der Waals surface area contributed by atoms with Crippen LogP contribution in [0.1, 0.15) is 40.5 Å². The van der Waals surface area contributed by atoms with Crippen molar-refractivity contribution in [3.8, 4) is 0 Å². The summed E-state index contributed by atoms with van der Waals surface area (Å²) in [5.41, 5.74) is 5.49. The van der Waals surface area contributed by atoms with Gasteiger partial charge in [-0.2, -0.15) is 11.8 Å². The van der Waals surface area contributed by atoms with Gasteiger partial charge in [-0.25, -0.2) is 4.79 Å². The van der Waals surface area contributed by atoms with E-state index in [0.717, 1.165) is 0 Å². The minimum atomic E-state index is -1.16. The van der Waals surface area contributed by atoms with Gasteiger partial charge < -0.3 is 31.9 Å². The van der Waals surface area contributed by atoms with Crippen LogP contribution in [0.25, 0.3) is 0 Å². The van der Waals surface area contributed by atoms with E-state index in [0.29, 0.717) is 12.2 Å². The van der Waals surface area contributed by atoms with E-state index in [2.05, 4.69) is 16.0 Å². The number of hydrogen-bond acceptors (Lipinski definition) is 7. The Hall–Kier alpha value is -1.85. The zero-order valence-electron chi connectivity index (χ0n) is 18.3. The molecule has 7 N–H and O–H groups in total. The van der Waals surface area contributed by atoms with Gasteiger partial charge in [-0.3, -0.25) is 14.4 Å². The first-order chi connectivity index (χ1) is 13.9. The number of aliphatic hydroxyl groups is 1. The predicted molar refractivity (Wildman–Crippen MR) is 116 cm³/mol. The summed E-state index contributed by atoms with van der Waals surface area (Å²) in [5.74, 6) is -2.68. The lowest BCUT2D eigenvalue weighted by Crippen LogP contribution is -2.58. The summed E-state index contributed by atoms with van der Waals surface area (Å²) < 4.78 is 0. The van der Waals surface area contributed by atoms with Gasteiger partial charge >= 0.3 is 5.97 Å². The van der Waals surface area contributed by atoms with Gasteiger partial charge in [0.25, 0.3) is 0 Å². The molecule has 3 amide bonds. The fraction of sp³-hybridized carbons (Fsp3) is 0.789. The van der Waals surface area contributed by atoms with Crippen molar-refractivity contribution in [1.29, 1.82) is 0 Å². The lowest BCUT2D eigenvalue weighted by Gasteiger charge is -2.27. The molecule has 0 aromatic rings. The summed E-state index contributed by atoms with van der Waals surface area (Å²) in [7, 11) is 0. The van der Waals surface area contributed by atoms with Gasteiger partial charge in [0.2, 0.25) is 17.7 Å². The third-order valence-electron chi connectivity index (χ3n) is 4.35. The molecule has 4 atom stereocenters. The number of thioether (sulfide) groups is 1. The second-order valence-electron chi connectivity index (χ2n) is 7.89. The molecule has 0 rings (SSSR count). The summed E-state index contributed by atoms with van der Waals surface area (Å²) in [4.78, 5) is 48.9. The van der Waals surface area contributed by atoms with Gasteiger partial charge in [0.1, 0.15) is 24.2 Å². The van der Waals surface area contributed by atoms with E-state index >= 15 is 0 Å². The highest BCUT2D eigenvalue weighted by Gasteiger charge is 2.31. The number of aliphatic hydroxyl groups excluding tert-OH is 1. The van der Waals surface area contributed by atoms with Crippen LogP contribution in [0.15, 0.2) is 0 Å². The molecule has 0 aromatic heterocycles. The number of nitrogens with one attached hydrogen (secondary N) is 3. The van der Waals surface area contributed by atoms with Crippen LogP contribution in [-0.4, -0.2) is 76.7 Å². The van der Waals surface area contributed by atoms with E-state index in [1.165, 1.54) is 11.8 Å². The number of carboxylic acids is 1. The van der Waals surface area contributed by atoms with Crippen LogP contribution < -0.4 is 21.7 Å². The summed E-state index contributed by atoms with van der Waals surface area (Å²) in [6, 6.07) is -4.15. The number of hydrogen-bond donors (Lipinski definition) is 6. The van der Waals surface area contributed by atoms with Crippen LogP contribution in [0.4, 0.5) is 0 Å². The molecular weight excluding hydrogens is 412 g/mol. The first kappa shape index (κ1) is 28.1. The highest BCUT2D eigenvalue weighted by Crippen LogP contribution is 2.09. The van der Waals surface area contributed by atoms with Crippen molar-refractivity contribution in [1.82, 2.24) is 16.0 Å². The molecule has 0 aliphatic rings. The third kappa shape index (κ3) is 10.3. The minimum absolute atomic E-state index is 0.0573. The molecule has 0 radical (unpaired) electrons. The van der Waals surface area contributed by atoms with E-state index in [9.17, 15) is 24.3 Å². The van der Waals surface area contributed by atoms with Crippen LogP contribution in [-0.2, 0) is 19.2 Å². The number of aliphatic carboxylic acids is 1. The number of carbonyl (C=O) groups is 4. The minimum Gasteiger partial charge on any atom is -0.480 e. The van der Waals surface area contributed by atoms with Crippen molar-refractivity contribution in [2.75, 3.05) is 18.6 Å². The topological polar surface area (TPSA) is 171 Å². The second-order valence-corrected chi connectivity index (χ2v) is 8.88. The Kier molecular flexibility index (Phi) is 13.3. The molecule has 0 aromatic carbocycles.